The molecule has 0 radical (unpaired) electrons. The number of hydrogen-bond donors (Lipinski definition) is 0. The zero-order valence-corrected chi connectivity index (χ0v) is 20.5. The van der Waals surface area contributed by atoms with Crippen LogP contribution in [0.4, 0.5) is 0 Å². The topological polar surface area (TPSA) is 9.23 Å². The van der Waals surface area contributed by atoms with E-state index in [-0.39, 0.29) is 0 Å². The van der Waals surface area contributed by atoms with E-state index in [9.17, 15) is 0 Å². The summed E-state index contributed by atoms with van der Waals surface area (Å²) in [5.74, 6) is 4.64. The molecule has 29 heavy (non-hydrogen) atoms. The van der Waals surface area contributed by atoms with Crippen LogP contribution < -0.4 is 4.74 Å². The molecule has 1 spiro atoms. The molecule has 164 valence electrons. The van der Waals surface area contributed by atoms with E-state index in [1.54, 1.807) is 18.2 Å². The smallest absolute Gasteiger partial charge is 0.119 e. The first kappa shape index (κ1) is 23.4. The lowest BCUT2D eigenvalue weighted by Crippen LogP contribution is -2.31. The average Bonchev–Trinajstić information content (AvgIpc) is 2.76. The van der Waals surface area contributed by atoms with E-state index < -0.39 is 0 Å². The number of rotatable bonds is 12. The van der Waals surface area contributed by atoms with Gasteiger partial charge in [-0.05, 0) is 66.4 Å². The second kappa shape index (κ2) is 12.5. The van der Waals surface area contributed by atoms with E-state index in [2.05, 4.69) is 48.6 Å². The van der Waals surface area contributed by atoms with Crippen LogP contribution >= 0.6 is 23.5 Å². The summed E-state index contributed by atoms with van der Waals surface area (Å²) in [6.45, 7) is 2.30. The number of hydrogen-bond acceptors (Lipinski definition) is 3. The lowest BCUT2D eigenvalue weighted by atomic mass is 9.90. The average molecular weight is 435 g/mol. The van der Waals surface area contributed by atoms with Gasteiger partial charge in [0, 0.05) is 0 Å². The molecule has 0 bridgehead atoms. The Morgan fingerprint density at radius 3 is 2.24 bits per heavy atom. The first-order valence-electron chi connectivity index (χ1n) is 12.2. The summed E-state index contributed by atoms with van der Waals surface area (Å²) in [5.41, 5.74) is 3.13. The zero-order valence-electron chi connectivity index (χ0n) is 18.8. The second-order valence-corrected chi connectivity index (χ2v) is 12.0. The molecule has 1 aromatic rings. The van der Waals surface area contributed by atoms with Crippen molar-refractivity contribution in [3.8, 4) is 5.75 Å². The van der Waals surface area contributed by atoms with Gasteiger partial charge in [0.25, 0.3) is 0 Å². The van der Waals surface area contributed by atoms with Gasteiger partial charge in [-0.15, -0.1) is 23.5 Å². The van der Waals surface area contributed by atoms with Gasteiger partial charge in [-0.1, -0.05) is 77.2 Å². The molecule has 1 saturated heterocycles. The molecule has 3 rings (SSSR count). The van der Waals surface area contributed by atoms with Crippen LogP contribution in [0.5, 0.6) is 5.75 Å². The van der Waals surface area contributed by atoms with Crippen molar-refractivity contribution >= 4 is 23.5 Å². The maximum atomic E-state index is 5.53. The standard InChI is InChI=1S/C26H42OS2/c1-3-4-5-6-7-8-9-10-11-12-14-22-20-28-26(29-21-22)18-13-15-23-16-17-24(27-2)19-25(23)26/h16-17,19,22H,3-15,18,20-21H2,1-2H3. The van der Waals surface area contributed by atoms with Crippen molar-refractivity contribution in [2.75, 3.05) is 18.6 Å². The fraction of sp³-hybridized carbons (Fsp3) is 0.769. The number of thioether (sulfide) groups is 2. The Hall–Kier alpha value is -0.280. The van der Waals surface area contributed by atoms with Crippen molar-refractivity contribution in [2.24, 2.45) is 5.92 Å². The molecule has 1 aliphatic heterocycles. The summed E-state index contributed by atoms with van der Waals surface area (Å²) in [5, 5.41) is 0. The zero-order chi connectivity index (χ0) is 20.4. The largest absolute Gasteiger partial charge is 0.497 e. The molecule has 3 heteroatoms. The lowest BCUT2D eigenvalue weighted by Gasteiger charge is -2.43. The number of aryl methyl sites for hydroxylation is 1. The van der Waals surface area contributed by atoms with Crippen molar-refractivity contribution in [2.45, 2.75) is 101 Å². The van der Waals surface area contributed by atoms with Crippen molar-refractivity contribution in [1.29, 1.82) is 0 Å². The first-order valence-corrected chi connectivity index (χ1v) is 14.2. The fourth-order valence-electron chi connectivity index (χ4n) is 4.88. The minimum absolute atomic E-state index is 0.302. The van der Waals surface area contributed by atoms with E-state index in [4.69, 9.17) is 4.74 Å². The minimum atomic E-state index is 0.302. The molecule has 0 unspecified atom stereocenters. The molecule has 0 saturated carbocycles. The molecular weight excluding hydrogens is 392 g/mol. The van der Waals surface area contributed by atoms with Crippen LogP contribution in [0.15, 0.2) is 18.2 Å². The molecule has 0 aromatic heterocycles. The number of benzene rings is 1. The van der Waals surface area contributed by atoms with E-state index in [1.807, 2.05) is 0 Å². The van der Waals surface area contributed by atoms with Gasteiger partial charge in [-0.25, -0.2) is 0 Å². The minimum Gasteiger partial charge on any atom is -0.497 e. The highest BCUT2D eigenvalue weighted by Gasteiger charge is 2.41. The van der Waals surface area contributed by atoms with Gasteiger partial charge in [0.2, 0.25) is 0 Å². The Labute approximate surface area is 188 Å². The molecule has 0 N–H and O–H groups in total. The van der Waals surface area contributed by atoms with Crippen LogP contribution in [0.25, 0.3) is 0 Å². The van der Waals surface area contributed by atoms with Gasteiger partial charge in [0.05, 0.1) is 11.2 Å². The molecule has 0 amide bonds. The molecular formula is C26H42OS2. The molecule has 1 heterocycles. The van der Waals surface area contributed by atoms with Crippen LogP contribution in [0.3, 0.4) is 0 Å². The summed E-state index contributed by atoms with van der Waals surface area (Å²) >= 11 is 4.49. The van der Waals surface area contributed by atoms with Crippen LogP contribution in [-0.2, 0) is 10.5 Å². The van der Waals surface area contributed by atoms with E-state index in [0.29, 0.717) is 4.08 Å². The maximum absolute atomic E-state index is 5.53. The Morgan fingerprint density at radius 1 is 0.931 bits per heavy atom. The predicted molar refractivity (Wildman–Crippen MR) is 132 cm³/mol. The van der Waals surface area contributed by atoms with E-state index in [0.717, 1.165) is 11.7 Å². The van der Waals surface area contributed by atoms with Gasteiger partial charge in [0.15, 0.2) is 0 Å². The van der Waals surface area contributed by atoms with Gasteiger partial charge < -0.3 is 4.74 Å². The van der Waals surface area contributed by atoms with Gasteiger partial charge in [-0.3, -0.25) is 0 Å². The summed E-state index contributed by atoms with van der Waals surface area (Å²) in [7, 11) is 1.79. The van der Waals surface area contributed by atoms with Gasteiger partial charge >= 0.3 is 0 Å². The third-order valence-corrected chi connectivity index (χ3v) is 10.5. The third kappa shape index (κ3) is 6.86. The Kier molecular flexibility index (Phi) is 10.1. The van der Waals surface area contributed by atoms with Gasteiger partial charge in [0.1, 0.15) is 5.75 Å². The highest BCUT2D eigenvalue weighted by Crippen LogP contribution is 2.58. The Morgan fingerprint density at radius 2 is 1.59 bits per heavy atom. The van der Waals surface area contributed by atoms with E-state index >= 15 is 0 Å². The molecule has 2 aliphatic rings. The second-order valence-electron chi connectivity index (χ2n) is 9.09. The molecule has 1 aromatic carbocycles. The lowest BCUT2D eigenvalue weighted by molar-refractivity contribution is 0.413. The summed E-state index contributed by atoms with van der Waals surface area (Å²) in [6, 6.07) is 6.78. The highest BCUT2D eigenvalue weighted by molar-refractivity contribution is 8.18. The summed E-state index contributed by atoms with van der Waals surface area (Å²) in [4.78, 5) is 0. The monoisotopic (exact) mass is 434 g/mol. The maximum Gasteiger partial charge on any atom is 0.119 e. The number of unbranched alkanes of at least 4 members (excludes halogenated alkanes) is 9. The van der Waals surface area contributed by atoms with Crippen molar-refractivity contribution < 1.29 is 4.74 Å². The third-order valence-electron chi connectivity index (χ3n) is 6.75. The molecule has 1 fully saturated rings. The first-order chi connectivity index (χ1) is 14.3. The van der Waals surface area contributed by atoms with Crippen LogP contribution in [0.2, 0.25) is 0 Å². The molecule has 1 aliphatic carbocycles. The van der Waals surface area contributed by atoms with Crippen molar-refractivity contribution in [3.63, 3.8) is 0 Å². The Balaban J connectivity index is 1.33. The highest BCUT2D eigenvalue weighted by atomic mass is 32.2. The van der Waals surface area contributed by atoms with Crippen molar-refractivity contribution in [3.05, 3.63) is 29.3 Å². The quantitative estimate of drug-likeness (QED) is 0.305. The summed E-state index contributed by atoms with van der Waals surface area (Å²) in [6.07, 6.45) is 19.8. The number of fused-ring (bicyclic) bond motifs is 2. The number of ether oxygens (including phenoxy) is 1. The fourth-order valence-corrected chi connectivity index (χ4v) is 8.62. The van der Waals surface area contributed by atoms with Crippen LogP contribution in [0, 0.1) is 5.92 Å². The van der Waals surface area contributed by atoms with Crippen molar-refractivity contribution in [1.82, 2.24) is 0 Å². The molecule has 0 atom stereocenters. The van der Waals surface area contributed by atoms with Gasteiger partial charge in [-0.2, -0.15) is 0 Å². The van der Waals surface area contributed by atoms with Crippen LogP contribution in [0.1, 0.15) is 102 Å². The van der Waals surface area contributed by atoms with E-state index in [1.165, 1.54) is 101 Å². The normalized spacial score (nSPS) is 23.9. The SMILES string of the molecule is CCCCCCCCCCCCC1CSC2(CCCc3ccc(OC)cc32)SC1. The van der Waals surface area contributed by atoms with Crippen LogP contribution in [-0.4, -0.2) is 18.6 Å². The molecule has 1 nitrogen and oxygen atoms in total. The summed E-state index contributed by atoms with van der Waals surface area (Å²) < 4.78 is 5.84. The Bertz CT molecular complexity index is 592. The predicted octanol–water partition coefficient (Wildman–Crippen LogP) is 8.59. The number of methoxy groups -OCH3 is 1.